The van der Waals surface area contributed by atoms with E-state index in [2.05, 4.69) is 20.1 Å². The summed E-state index contributed by atoms with van der Waals surface area (Å²) in [6.07, 6.45) is 0.244. The van der Waals surface area contributed by atoms with Crippen LogP contribution in [0.5, 0.6) is 0 Å². The van der Waals surface area contributed by atoms with E-state index in [9.17, 15) is 26.4 Å². The minimum Gasteiger partial charge on any atom is -0.321 e. The van der Waals surface area contributed by atoms with Crippen LogP contribution < -0.4 is 20.1 Å². The molecular weight excluding hydrogens is 580 g/mol. The number of hydrogen-bond acceptors (Lipinski definition) is 8. The molecule has 0 saturated carbocycles. The third-order valence-corrected chi connectivity index (χ3v) is 10.1. The van der Waals surface area contributed by atoms with E-state index in [1.807, 2.05) is 13.8 Å². The van der Waals surface area contributed by atoms with Gasteiger partial charge < -0.3 is 10.6 Å². The average molecular weight is 617 g/mol. The molecule has 2 aliphatic heterocycles. The van der Waals surface area contributed by atoms with E-state index in [0.29, 0.717) is 24.0 Å². The van der Waals surface area contributed by atoms with Gasteiger partial charge in [-0.2, -0.15) is 9.44 Å². The molecule has 0 aromatic heterocycles. The van der Waals surface area contributed by atoms with Crippen LogP contribution in [0.4, 0.5) is 0 Å². The molecule has 0 saturated heterocycles. The van der Waals surface area contributed by atoms with E-state index in [1.165, 1.54) is 36.4 Å². The molecule has 2 aromatic rings. The monoisotopic (exact) mass is 616 g/mol. The Labute approximate surface area is 247 Å². The maximum atomic E-state index is 13.2. The molecule has 42 heavy (non-hydrogen) atoms. The molecule has 2 aromatic carbocycles. The second-order valence-corrected chi connectivity index (χ2v) is 13.9. The summed E-state index contributed by atoms with van der Waals surface area (Å²) in [5, 5.41) is 5.41. The molecule has 4 N–H and O–H groups in total. The number of rotatable bonds is 12. The number of amides is 2. The van der Waals surface area contributed by atoms with Gasteiger partial charge in [0, 0.05) is 11.1 Å². The molecule has 2 amide bonds. The predicted octanol–water partition coefficient (Wildman–Crippen LogP) is 1.22. The Hall–Kier alpha value is -3.40. The molecule has 2 atom stereocenters. The topological polar surface area (TPSA) is 157 Å². The molecule has 12 nitrogen and oxygen atoms in total. The highest BCUT2D eigenvalue weighted by atomic mass is 32.2. The summed E-state index contributed by atoms with van der Waals surface area (Å²) in [4.78, 5) is 29.8. The zero-order valence-corrected chi connectivity index (χ0v) is 26.0. The minimum atomic E-state index is -3.91. The Morgan fingerprint density at radius 3 is 1.33 bits per heavy atom. The lowest BCUT2D eigenvalue weighted by Gasteiger charge is -2.24. The van der Waals surface area contributed by atoms with Crippen molar-refractivity contribution in [1.29, 1.82) is 0 Å². The van der Waals surface area contributed by atoms with Crippen molar-refractivity contribution in [2.45, 2.75) is 48.8 Å². The van der Waals surface area contributed by atoms with Gasteiger partial charge in [-0.1, -0.05) is 38.1 Å². The Balaban J connectivity index is 1.74. The third kappa shape index (κ3) is 6.19. The van der Waals surface area contributed by atoms with Crippen LogP contribution in [-0.2, 0) is 29.6 Å². The number of fused-ring (bicyclic) bond motifs is 1. The van der Waals surface area contributed by atoms with Gasteiger partial charge in [0.2, 0.25) is 20.0 Å². The second kappa shape index (κ2) is 12.1. The quantitative estimate of drug-likeness (QED) is 0.260. The zero-order chi connectivity index (χ0) is 31.0. The Kier molecular flexibility index (Phi) is 9.06. The van der Waals surface area contributed by atoms with Crippen molar-refractivity contribution in [3.05, 3.63) is 70.8 Å². The molecule has 2 aliphatic rings. The van der Waals surface area contributed by atoms with Crippen LogP contribution in [0.3, 0.4) is 0 Å². The van der Waals surface area contributed by atoms with Crippen molar-refractivity contribution in [2.75, 3.05) is 28.2 Å². The number of nitrogens with zero attached hydrogens (tertiary/aromatic N) is 2. The van der Waals surface area contributed by atoms with Crippen LogP contribution in [-0.4, -0.2) is 79.0 Å². The van der Waals surface area contributed by atoms with Gasteiger partial charge in [-0.25, -0.2) is 16.8 Å². The zero-order valence-electron chi connectivity index (χ0n) is 24.3. The number of carbonyl (C=O) groups is 2. The molecule has 0 aliphatic carbocycles. The maximum Gasteiger partial charge on any atom is 0.258 e. The molecule has 0 fully saturated rings. The summed E-state index contributed by atoms with van der Waals surface area (Å²) in [7, 11) is -0.748. The Morgan fingerprint density at radius 1 is 0.667 bits per heavy atom. The lowest BCUT2D eigenvalue weighted by Crippen LogP contribution is -2.44. The molecule has 2 unspecified atom stereocenters. The van der Waals surface area contributed by atoms with Gasteiger partial charge in [0.1, 0.15) is 0 Å². The molecule has 2 heterocycles. The standard InChI is InChI=1S/C28H36N6O6S2/c1-7-21(33(3)4)31-41(37,38)19-13-9-11-17(15-19)25-23-24(28(36)29-25)26(30-27(23)35)18-12-10-14-20(16-18)42(39,40)32-22(8-2)34(5)6/h9-16,21-22,31-32H,7-8H2,1-6H3,(H,29,36)(H,30,35). The van der Waals surface area contributed by atoms with E-state index in [4.69, 9.17) is 0 Å². The first-order valence-electron chi connectivity index (χ1n) is 13.4. The lowest BCUT2D eigenvalue weighted by molar-refractivity contribution is -0.117. The molecule has 226 valence electrons. The molecule has 0 radical (unpaired) electrons. The van der Waals surface area contributed by atoms with Gasteiger partial charge in [0.05, 0.1) is 44.7 Å². The number of sulfonamides is 2. The fourth-order valence-electron chi connectivity index (χ4n) is 4.85. The van der Waals surface area contributed by atoms with Crippen LogP contribution in [0.1, 0.15) is 37.8 Å². The third-order valence-electron chi connectivity index (χ3n) is 7.15. The average Bonchev–Trinajstić information content (AvgIpc) is 3.48. The molecule has 14 heteroatoms. The highest BCUT2D eigenvalue weighted by molar-refractivity contribution is 7.89. The first kappa shape index (κ1) is 31.5. The van der Waals surface area contributed by atoms with E-state index in [1.54, 1.807) is 50.1 Å². The fraction of sp³-hybridized carbons (Fsp3) is 0.357. The molecule has 0 spiro atoms. The van der Waals surface area contributed by atoms with Crippen LogP contribution in [0.15, 0.2) is 69.5 Å². The van der Waals surface area contributed by atoms with Gasteiger partial charge in [-0.15, -0.1) is 0 Å². The smallest absolute Gasteiger partial charge is 0.258 e. The molecular formula is C28H36N6O6S2. The van der Waals surface area contributed by atoms with E-state index in [-0.39, 0.29) is 32.3 Å². The maximum absolute atomic E-state index is 13.2. The van der Waals surface area contributed by atoms with Crippen molar-refractivity contribution in [3.8, 4) is 0 Å². The number of nitrogens with one attached hydrogen (secondary N) is 4. The van der Waals surface area contributed by atoms with Crippen molar-refractivity contribution in [2.24, 2.45) is 0 Å². The van der Waals surface area contributed by atoms with Crippen molar-refractivity contribution < 1.29 is 26.4 Å². The van der Waals surface area contributed by atoms with E-state index >= 15 is 0 Å². The lowest BCUT2D eigenvalue weighted by atomic mass is 10.0. The van der Waals surface area contributed by atoms with Gasteiger partial charge in [-0.3, -0.25) is 19.4 Å². The van der Waals surface area contributed by atoms with Gasteiger partial charge >= 0.3 is 0 Å². The normalized spacial score (nSPS) is 17.1. The largest absolute Gasteiger partial charge is 0.321 e. The van der Waals surface area contributed by atoms with E-state index < -0.39 is 44.2 Å². The van der Waals surface area contributed by atoms with Crippen LogP contribution in [0.25, 0.3) is 11.4 Å². The first-order chi connectivity index (χ1) is 19.7. The summed E-state index contributed by atoms with van der Waals surface area (Å²) in [6.45, 7) is 3.73. The van der Waals surface area contributed by atoms with Crippen molar-refractivity contribution >= 4 is 43.3 Å². The van der Waals surface area contributed by atoms with Gasteiger partial charge in [-0.05, 0) is 65.3 Å². The fourth-order valence-corrected chi connectivity index (χ4v) is 7.68. The second-order valence-electron chi connectivity index (χ2n) is 10.5. The summed E-state index contributed by atoms with van der Waals surface area (Å²) in [5.74, 6) is -1.13. The molecule has 4 rings (SSSR count). The van der Waals surface area contributed by atoms with E-state index in [0.717, 1.165) is 0 Å². The number of carbonyl (C=O) groups excluding carboxylic acids is 2. The van der Waals surface area contributed by atoms with Gasteiger partial charge in [0.25, 0.3) is 11.8 Å². The first-order valence-corrected chi connectivity index (χ1v) is 16.4. The highest BCUT2D eigenvalue weighted by Gasteiger charge is 2.41. The predicted molar refractivity (Wildman–Crippen MR) is 159 cm³/mol. The number of benzene rings is 2. The summed E-state index contributed by atoms with van der Waals surface area (Å²) in [5.41, 5.74) is 1.12. The van der Waals surface area contributed by atoms with Crippen LogP contribution >= 0.6 is 0 Å². The highest BCUT2D eigenvalue weighted by Crippen LogP contribution is 2.38. The van der Waals surface area contributed by atoms with Crippen molar-refractivity contribution in [3.63, 3.8) is 0 Å². The molecule has 0 bridgehead atoms. The number of hydrogen-bond donors (Lipinski definition) is 4. The minimum absolute atomic E-state index is 0.0211. The SMILES string of the molecule is CCC(NS(=O)(=O)c1cccc(C2=C3C(=O)NC(c4cccc(S(=O)(=O)NC(CC)N(C)C)c4)=C3C(=O)N2)c1)N(C)C. The van der Waals surface area contributed by atoms with Crippen LogP contribution in [0, 0.1) is 0 Å². The van der Waals surface area contributed by atoms with Crippen molar-refractivity contribution in [1.82, 2.24) is 29.9 Å². The Morgan fingerprint density at radius 2 is 1.02 bits per heavy atom. The Bertz CT molecular complexity index is 1570. The summed E-state index contributed by atoms with van der Waals surface area (Å²) in [6, 6.07) is 12.0. The summed E-state index contributed by atoms with van der Waals surface area (Å²) >= 11 is 0. The summed E-state index contributed by atoms with van der Waals surface area (Å²) < 4.78 is 57.8. The van der Waals surface area contributed by atoms with Crippen LogP contribution in [0.2, 0.25) is 0 Å². The van der Waals surface area contributed by atoms with Gasteiger partial charge in [0.15, 0.2) is 0 Å².